The van der Waals surface area contributed by atoms with Crippen molar-refractivity contribution in [2.75, 3.05) is 37.6 Å². The predicted octanol–water partition coefficient (Wildman–Crippen LogP) is 3.83. The van der Waals surface area contributed by atoms with E-state index >= 15 is 0 Å². The normalized spacial score (nSPS) is 19.2. The molecule has 2 aliphatic rings. The Morgan fingerprint density at radius 1 is 0.964 bits per heavy atom. The summed E-state index contributed by atoms with van der Waals surface area (Å²) in [5.41, 5.74) is -3.47. The molecule has 28 heavy (non-hydrogen) atoms. The summed E-state index contributed by atoms with van der Waals surface area (Å²) in [6, 6.07) is 0.775. The van der Waals surface area contributed by atoms with Crippen LogP contribution >= 0.6 is 0 Å². The van der Waals surface area contributed by atoms with Gasteiger partial charge in [-0.25, -0.2) is 0 Å². The van der Waals surface area contributed by atoms with Crippen LogP contribution < -0.4 is 4.90 Å². The lowest BCUT2D eigenvalue weighted by atomic mass is 9.95. The smallest absolute Gasteiger partial charge is 0.360 e. The highest BCUT2D eigenvalue weighted by Crippen LogP contribution is 2.44. The first kappa shape index (κ1) is 20.3. The third-order valence-corrected chi connectivity index (χ3v) is 5.44. The fourth-order valence-electron chi connectivity index (χ4n) is 4.04. The van der Waals surface area contributed by atoms with Gasteiger partial charge in [0.25, 0.3) is 11.4 Å². The van der Waals surface area contributed by atoms with Gasteiger partial charge >= 0.3 is 6.18 Å². The van der Waals surface area contributed by atoms with Crippen molar-refractivity contribution in [2.24, 2.45) is 5.92 Å². The molecule has 0 N–H and O–H groups in total. The summed E-state index contributed by atoms with van der Waals surface area (Å²) < 4.78 is 39.1. The van der Waals surface area contributed by atoms with Crippen molar-refractivity contribution in [1.29, 1.82) is 0 Å². The van der Waals surface area contributed by atoms with Gasteiger partial charge in [-0.3, -0.25) is 20.2 Å². The molecular weight excluding hydrogens is 381 g/mol. The maximum absolute atomic E-state index is 13.0. The van der Waals surface area contributed by atoms with Crippen molar-refractivity contribution < 1.29 is 23.0 Å². The number of rotatable bonds is 5. The molecule has 0 unspecified atom stereocenters. The minimum Gasteiger partial charge on any atom is -0.360 e. The Kier molecular flexibility index (Phi) is 5.73. The van der Waals surface area contributed by atoms with Crippen LogP contribution in [0.4, 0.5) is 30.2 Å². The molecule has 11 heteroatoms. The Balaban J connectivity index is 1.86. The highest BCUT2D eigenvalue weighted by Gasteiger charge is 2.40. The number of hydrogen-bond acceptors (Lipinski definition) is 6. The fraction of sp³-hybridized carbons (Fsp3) is 0.647. The van der Waals surface area contributed by atoms with Crippen LogP contribution in [-0.4, -0.2) is 47.5 Å². The van der Waals surface area contributed by atoms with Gasteiger partial charge in [0.2, 0.25) is 0 Å². The molecule has 2 heterocycles. The summed E-state index contributed by atoms with van der Waals surface area (Å²) in [6.07, 6.45) is -1.19. The molecular formula is C17H21F3N4O4. The van der Waals surface area contributed by atoms with Gasteiger partial charge in [0.1, 0.15) is 0 Å². The van der Waals surface area contributed by atoms with Crippen LogP contribution in [0.1, 0.15) is 31.2 Å². The number of benzene rings is 1. The zero-order chi connectivity index (χ0) is 20.5. The molecule has 0 spiro atoms. The average Bonchev–Trinajstić information content (AvgIpc) is 3.13. The van der Waals surface area contributed by atoms with Crippen molar-refractivity contribution in [1.82, 2.24) is 4.90 Å². The summed E-state index contributed by atoms with van der Waals surface area (Å²) >= 11 is 0. The van der Waals surface area contributed by atoms with Crippen molar-refractivity contribution >= 4 is 17.1 Å². The standard InChI is InChI=1S/C17H21F3N4O4/c18-17(19,20)13-9-14(23(25)26)16(15(10-13)24(27)28)22-7-3-12(4-8-22)11-21-5-1-2-6-21/h9-10,12H,1-8,11H2. The van der Waals surface area contributed by atoms with Gasteiger partial charge in [-0.1, -0.05) is 0 Å². The van der Waals surface area contributed by atoms with E-state index in [-0.39, 0.29) is 5.69 Å². The van der Waals surface area contributed by atoms with Crippen molar-refractivity contribution in [3.63, 3.8) is 0 Å². The minimum absolute atomic E-state index is 0.331. The lowest BCUT2D eigenvalue weighted by Crippen LogP contribution is -2.38. The molecule has 0 atom stereocenters. The number of nitro groups is 2. The first-order valence-electron chi connectivity index (χ1n) is 9.18. The summed E-state index contributed by atoms with van der Waals surface area (Å²) in [4.78, 5) is 24.7. The van der Waals surface area contributed by atoms with E-state index in [9.17, 15) is 33.4 Å². The van der Waals surface area contributed by atoms with E-state index in [1.807, 2.05) is 0 Å². The Bertz CT molecular complexity index is 722. The first-order chi connectivity index (χ1) is 13.2. The third kappa shape index (κ3) is 4.34. The van der Waals surface area contributed by atoms with Gasteiger partial charge in [-0.2, -0.15) is 13.2 Å². The molecule has 3 rings (SSSR count). The van der Waals surface area contributed by atoms with Crippen LogP contribution in [0.2, 0.25) is 0 Å². The molecule has 2 fully saturated rings. The Hall–Kier alpha value is -2.43. The number of piperidine rings is 1. The predicted molar refractivity (Wildman–Crippen MR) is 95.4 cm³/mol. The van der Waals surface area contributed by atoms with Crippen molar-refractivity contribution in [3.05, 3.63) is 37.9 Å². The van der Waals surface area contributed by atoms with E-state index in [0.29, 0.717) is 44.0 Å². The maximum Gasteiger partial charge on any atom is 0.416 e. The molecule has 1 aromatic rings. The number of alkyl halides is 3. The summed E-state index contributed by atoms with van der Waals surface area (Å²) in [6.45, 7) is 3.70. The lowest BCUT2D eigenvalue weighted by Gasteiger charge is -2.34. The van der Waals surface area contributed by atoms with Crippen molar-refractivity contribution in [3.8, 4) is 0 Å². The largest absolute Gasteiger partial charge is 0.416 e. The molecule has 0 saturated carbocycles. The molecule has 8 nitrogen and oxygen atoms in total. The number of anilines is 1. The summed E-state index contributed by atoms with van der Waals surface area (Å²) in [5.74, 6) is 0.377. The molecule has 0 aliphatic carbocycles. The zero-order valence-electron chi connectivity index (χ0n) is 15.2. The van der Waals surface area contributed by atoms with E-state index in [4.69, 9.17) is 0 Å². The molecule has 1 aromatic carbocycles. The summed E-state index contributed by atoms with van der Waals surface area (Å²) in [5, 5.41) is 22.8. The molecule has 2 saturated heterocycles. The Morgan fingerprint density at radius 3 is 1.89 bits per heavy atom. The molecule has 0 radical (unpaired) electrons. The van der Waals surface area contributed by atoms with E-state index in [0.717, 1.165) is 19.6 Å². The molecule has 154 valence electrons. The quantitative estimate of drug-likeness (QED) is 0.549. The third-order valence-electron chi connectivity index (χ3n) is 5.44. The molecule has 0 amide bonds. The van der Waals surface area contributed by atoms with Gasteiger partial charge in [-0.05, 0) is 44.7 Å². The van der Waals surface area contributed by atoms with E-state index < -0.39 is 33.0 Å². The van der Waals surface area contributed by atoms with Crippen LogP contribution in [0.3, 0.4) is 0 Å². The Labute approximate surface area is 159 Å². The Morgan fingerprint density at radius 2 is 1.46 bits per heavy atom. The van der Waals surface area contributed by atoms with Gasteiger partial charge in [0.05, 0.1) is 15.4 Å². The number of nitro benzene ring substituents is 2. The van der Waals surface area contributed by atoms with Crippen LogP contribution in [0.5, 0.6) is 0 Å². The monoisotopic (exact) mass is 402 g/mol. The van der Waals surface area contributed by atoms with Gasteiger partial charge in [-0.15, -0.1) is 0 Å². The van der Waals surface area contributed by atoms with Crippen LogP contribution in [0, 0.1) is 26.1 Å². The number of hydrogen-bond donors (Lipinski definition) is 0. The SMILES string of the molecule is O=[N+]([O-])c1cc(C(F)(F)F)cc([N+](=O)[O-])c1N1CCC(CN2CCCC2)CC1. The van der Waals surface area contributed by atoms with Crippen LogP contribution in [0.25, 0.3) is 0 Å². The second-order valence-corrected chi connectivity index (χ2v) is 7.31. The highest BCUT2D eigenvalue weighted by molar-refractivity contribution is 5.76. The molecule has 0 aromatic heterocycles. The topological polar surface area (TPSA) is 92.8 Å². The number of halogens is 3. The summed E-state index contributed by atoms with van der Waals surface area (Å²) in [7, 11) is 0. The van der Waals surface area contributed by atoms with Gasteiger partial charge in [0, 0.05) is 31.8 Å². The fourth-order valence-corrected chi connectivity index (χ4v) is 4.04. The van der Waals surface area contributed by atoms with Crippen LogP contribution in [-0.2, 0) is 6.18 Å². The molecule has 2 aliphatic heterocycles. The zero-order valence-corrected chi connectivity index (χ0v) is 15.2. The second kappa shape index (κ2) is 7.90. The van der Waals surface area contributed by atoms with Crippen molar-refractivity contribution in [2.45, 2.75) is 31.9 Å². The number of nitrogens with zero attached hydrogens (tertiary/aromatic N) is 4. The minimum atomic E-state index is -4.91. The van der Waals surface area contributed by atoms with Gasteiger partial charge in [0.15, 0.2) is 5.69 Å². The van der Waals surface area contributed by atoms with E-state index in [1.165, 1.54) is 17.7 Å². The first-order valence-corrected chi connectivity index (χ1v) is 9.18. The highest BCUT2D eigenvalue weighted by atomic mass is 19.4. The van der Waals surface area contributed by atoms with Gasteiger partial charge < -0.3 is 9.80 Å². The average molecular weight is 402 g/mol. The van der Waals surface area contributed by atoms with E-state index in [1.54, 1.807) is 0 Å². The maximum atomic E-state index is 13.0. The number of likely N-dealkylation sites (tertiary alicyclic amines) is 1. The molecule has 0 bridgehead atoms. The van der Waals surface area contributed by atoms with E-state index in [2.05, 4.69) is 4.90 Å². The lowest BCUT2D eigenvalue weighted by molar-refractivity contribution is -0.393. The van der Waals surface area contributed by atoms with Crippen LogP contribution in [0.15, 0.2) is 12.1 Å². The second-order valence-electron chi connectivity index (χ2n) is 7.31.